The molecule has 1 aromatic heterocycles. The predicted molar refractivity (Wildman–Crippen MR) is 71.1 cm³/mol. The van der Waals surface area contributed by atoms with Gasteiger partial charge in [-0.05, 0) is 25.2 Å². The Morgan fingerprint density at radius 1 is 1.45 bits per heavy atom. The highest BCUT2D eigenvalue weighted by Crippen LogP contribution is 2.27. The molecule has 0 radical (unpaired) electrons. The number of ether oxygens (including phenoxy) is 1. The standard InChI is InChI=1S/C13H20N4O3/c1-3-4-10-12(13(19)20-2)15-16-17(10)8-11(18)14-7-9-5-6-9/h9H,3-8H2,1-2H3,(H,14,18). The van der Waals surface area contributed by atoms with Crippen LogP contribution < -0.4 is 5.32 Å². The summed E-state index contributed by atoms with van der Waals surface area (Å²) >= 11 is 0. The van der Waals surface area contributed by atoms with Crippen LogP contribution in [0.1, 0.15) is 42.4 Å². The van der Waals surface area contributed by atoms with Crippen LogP contribution in [-0.2, 0) is 22.5 Å². The van der Waals surface area contributed by atoms with E-state index in [1.54, 1.807) is 0 Å². The first kappa shape index (κ1) is 14.5. The molecule has 1 N–H and O–H groups in total. The number of carbonyl (C=O) groups excluding carboxylic acids is 2. The third-order valence-electron chi connectivity index (χ3n) is 3.28. The Kier molecular flexibility index (Phi) is 4.70. The minimum Gasteiger partial charge on any atom is -0.464 e. The van der Waals surface area contributed by atoms with Gasteiger partial charge in [0.2, 0.25) is 5.91 Å². The second kappa shape index (κ2) is 6.49. The van der Waals surface area contributed by atoms with E-state index in [4.69, 9.17) is 0 Å². The van der Waals surface area contributed by atoms with Crippen LogP contribution in [-0.4, -0.2) is 40.5 Å². The van der Waals surface area contributed by atoms with Crippen molar-refractivity contribution < 1.29 is 14.3 Å². The Labute approximate surface area is 117 Å². The average Bonchev–Trinajstić information content (AvgIpc) is 3.20. The summed E-state index contributed by atoms with van der Waals surface area (Å²) in [6, 6.07) is 0. The number of nitrogens with one attached hydrogen (secondary N) is 1. The molecular weight excluding hydrogens is 260 g/mol. The Morgan fingerprint density at radius 2 is 2.20 bits per heavy atom. The minimum atomic E-state index is -0.516. The van der Waals surface area contributed by atoms with Crippen LogP contribution in [0.4, 0.5) is 0 Å². The second-order valence-electron chi connectivity index (χ2n) is 5.03. The highest BCUT2D eigenvalue weighted by atomic mass is 16.5. The molecule has 0 saturated heterocycles. The molecule has 110 valence electrons. The van der Waals surface area contributed by atoms with Crippen molar-refractivity contribution in [2.75, 3.05) is 13.7 Å². The van der Waals surface area contributed by atoms with Gasteiger partial charge in [-0.1, -0.05) is 18.6 Å². The maximum Gasteiger partial charge on any atom is 0.360 e. The summed E-state index contributed by atoms with van der Waals surface area (Å²) < 4.78 is 6.16. The third kappa shape index (κ3) is 3.55. The van der Waals surface area contributed by atoms with E-state index < -0.39 is 5.97 Å². The monoisotopic (exact) mass is 280 g/mol. The summed E-state index contributed by atoms with van der Waals surface area (Å²) in [6.45, 7) is 2.80. The van der Waals surface area contributed by atoms with Gasteiger partial charge < -0.3 is 10.1 Å². The van der Waals surface area contributed by atoms with Crippen molar-refractivity contribution in [1.29, 1.82) is 0 Å². The summed E-state index contributed by atoms with van der Waals surface area (Å²) in [5.74, 6) is 0.0177. The number of hydrogen-bond acceptors (Lipinski definition) is 5. The van der Waals surface area contributed by atoms with Crippen LogP contribution in [0, 0.1) is 5.92 Å². The van der Waals surface area contributed by atoms with Gasteiger partial charge in [-0.3, -0.25) is 4.79 Å². The molecule has 1 aliphatic rings. The van der Waals surface area contributed by atoms with Gasteiger partial charge in [0.05, 0.1) is 12.8 Å². The van der Waals surface area contributed by atoms with E-state index in [9.17, 15) is 9.59 Å². The summed E-state index contributed by atoms with van der Waals surface area (Å²) in [7, 11) is 1.30. The zero-order valence-electron chi connectivity index (χ0n) is 11.9. The summed E-state index contributed by atoms with van der Waals surface area (Å²) in [5, 5.41) is 10.6. The SMILES string of the molecule is CCCc1c(C(=O)OC)nnn1CC(=O)NCC1CC1. The number of rotatable bonds is 7. The average molecular weight is 280 g/mol. The molecule has 20 heavy (non-hydrogen) atoms. The Hall–Kier alpha value is -1.92. The van der Waals surface area contributed by atoms with Gasteiger partial charge in [-0.25, -0.2) is 9.48 Å². The van der Waals surface area contributed by atoms with E-state index in [2.05, 4.69) is 20.4 Å². The lowest BCUT2D eigenvalue weighted by Crippen LogP contribution is -2.30. The van der Waals surface area contributed by atoms with Gasteiger partial charge in [-0.2, -0.15) is 0 Å². The molecule has 7 heteroatoms. The van der Waals surface area contributed by atoms with E-state index in [1.807, 2.05) is 6.92 Å². The van der Waals surface area contributed by atoms with Crippen molar-refractivity contribution in [3.8, 4) is 0 Å². The van der Waals surface area contributed by atoms with Gasteiger partial charge in [0.25, 0.3) is 0 Å². The van der Waals surface area contributed by atoms with Gasteiger partial charge in [0.1, 0.15) is 6.54 Å². The predicted octanol–water partition coefficient (Wildman–Crippen LogP) is 0.543. The molecule has 0 aromatic carbocycles. The number of hydrogen-bond donors (Lipinski definition) is 1. The van der Waals surface area contributed by atoms with Crippen LogP contribution in [0.5, 0.6) is 0 Å². The van der Waals surface area contributed by atoms with E-state index in [-0.39, 0.29) is 18.1 Å². The van der Waals surface area contributed by atoms with Crippen LogP contribution in [0.2, 0.25) is 0 Å². The van der Waals surface area contributed by atoms with Crippen LogP contribution in [0.15, 0.2) is 0 Å². The third-order valence-corrected chi connectivity index (χ3v) is 3.28. The van der Waals surface area contributed by atoms with Gasteiger partial charge in [-0.15, -0.1) is 5.10 Å². The van der Waals surface area contributed by atoms with Crippen molar-refractivity contribution >= 4 is 11.9 Å². The zero-order valence-corrected chi connectivity index (χ0v) is 11.9. The molecule has 1 aliphatic carbocycles. The molecule has 1 saturated carbocycles. The number of methoxy groups -OCH3 is 1. The summed E-state index contributed by atoms with van der Waals surface area (Å²) in [5.41, 5.74) is 0.852. The van der Waals surface area contributed by atoms with Crippen molar-refractivity contribution in [2.45, 2.75) is 39.2 Å². The molecule has 1 heterocycles. The van der Waals surface area contributed by atoms with Crippen molar-refractivity contribution in [2.24, 2.45) is 5.92 Å². The van der Waals surface area contributed by atoms with E-state index in [0.717, 1.165) is 13.0 Å². The minimum absolute atomic E-state index is 0.0893. The highest BCUT2D eigenvalue weighted by molar-refractivity contribution is 5.88. The fourth-order valence-electron chi connectivity index (χ4n) is 1.97. The van der Waals surface area contributed by atoms with E-state index >= 15 is 0 Å². The topological polar surface area (TPSA) is 86.1 Å². The Morgan fingerprint density at radius 3 is 2.80 bits per heavy atom. The van der Waals surface area contributed by atoms with Crippen LogP contribution in [0.3, 0.4) is 0 Å². The summed E-state index contributed by atoms with van der Waals surface area (Å²) in [4.78, 5) is 23.4. The first-order valence-electron chi connectivity index (χ1n) is 6.93. The molecule has 7 nitrogen and oxygen atoms in total. The number of aromatic nitrogens is 3. The fourth-order valence-corrected chi connectivity index (χ4v) is 1.97. The first-order chi connectivity index (χ1) is 9.65. The molecule has 0 aliphatic heterocycles. The number of nitrogens with zero attached hydrogens (tertiary/aromatic N) is 3. The molecule has 0 unspecified atom stereocenters. The quantitative estimate of drug-likeness (QED) is 0.737. The maximum atomic E-state index is 11.8. The smallest absolute Gasteiger partial charge is 0.360 e. The molecule has 0 bridgehead atoms. The lowest BCUT2D eigenvalue weighted by atomic mass is 10.2. The first-order valence-corrected chi connectivity index (χ1v) is 6.93. The lowest BCUT2D eigenvalue weighted by Gasteiger charge is -2.07. The molecule has 0 spiro atoms. The molecule has 1 amide bonds. The maximum absolute atomic E-state index is 11.8. The largest absolute Gasteiger partial charge is 0.464 e. The van der Waals surface area contributed by atoms with Gasteiger partial charge >= 0.3 is 5.97 Å². The fraction of sp³-hybridized carbons (Fsp3) is 0.692. The molecule has 1 aromatic rings. The van der Waals surface area contributed by atoms with Crippen molar-refractivity contribution in [1.82, 2.24) is 20.3 Å². The van der Waals surface area contributed by atoms with Gasteiger partial charge in [0, 0.05) is 6.54 Å². The molecule has 0 atom stereocenters. The number of carbonyl (C=O) groups is 2. The number of amides is 1. The van der Waals surface area contributed by atoms with E-state index in [0.29, 0.717) is 18.0 Å². The molecular formula is C13H20N4O3. The van der Waals surface area contributed by atoms with E-state index in [1.165, 1.54) is 24.6 Å². The number of esters is 1. The highest BCUT2D eigenvalue weighted by Gasteiger charge is 2.23. The second-order valence-corrected chi connectivity index (χ2v) is 5.03. The van der Waals surface area contributed by atoms with Crippen LogP contribution in [0.25, 0.3) is 0 Å². The Bertz CT molecular complexity index is 494. The normalized spacial score (nSPS) is 14.1. The molecule has 1 fully saturated rings. The van der Waals surface area contributed by atoms with Gasteiger partial charge in [0.15, 0.2) is 5.69 Å². The zero-order chi connectivity index (χ0) is 14.5. The van der Waals surface area contributed by atoms with Crippen molar-refractivity contribution in [3.05, 3.63) is 11.4 Å². The van der Waals surface area contributed by atoms with Crippen LogP contribution >= 0.6 is 0 Å². The lowest BCUT2D eigenvalue weighted by molar-refractivity contribution is -0.121. The Balaban J connectivity index is 2.03. The molecule has 2 rings (SSSR count). The van der Waals surface area contributed by atoms with Crippen molar-refractivity contribution in [3.63, 3.8) is 0 Å². The summed E-state index contributed by atoms with van der Waals surface area (Å²) in [6.07, 6.45) is 3.85.